The fraction of sp³-hybridized carbons (Fsp3) is 0.368. The average Bonchev–Trinajstić information content (AvgIpc) is 2.47. The van der Waals surface area contributed by atoms with Gasteiger partial charge in [-0.3, -0.25) is 0 Å². The molecule has 21 heavy (non-hydrogen) atoms. The van der Waals surface area contributed by atoms with Crippen molar-refractivity contribution in [3.05, 3.63) is 64.7 Å². The number of aryl methyl sites for hydroxylation is 2. The third-order valence-corrected chi connectivity index (χ3v) is 3.44. The highest BCUT2D eigenvalue weighted by atomic mass is 16.5. The first kappa shape index (κ1) is 15.6. The molecule has 0 radical (unpaired) electrons. The Morgan fingerprint density at radius 3 is 2.57 bits per heavy atom. The van der Waals surface area contributed by atoms with E-state index < -0.39 is 0 Å². The lowest BCUT2D eigenvalue weighted by atomic mass is 10.1. The Kier molecular flexibility index (Phi) is 5.82. The zero-order valence-electron chi connectivity index (χ0n) is 13.3. The summed E-state index contributed by atoms with van der Waals surface area (Å²) in [6.07, 6.45) is 1.14. The van der Waals surface area contributed by atoms with Gasteiger partial charge < -0.3 is 10.1 Å². The first-order valence-electron chi connectivity index (χ1n) is 7.67. The van der Waals surface area contributed by atoms with Crippen molar-refractivity contribution in [3.63, 3.8) is 0 Å². The molecule has 0 saturated heterocycles. The first-order chi connectivity index (χ1) is 10.2. The molecule has 0 saturated carbocycles. The highest BCUT2D eigenvalue weighted by molar-refractivity contribution is 5.37. The van der Waals surface area contributed by atoms with Crippen LogP contribution in [-0.4, -0.2) is 6.54 Å². The quantitative estimate of drug-likeness (QED) is 0.761. The van der Waals surface area contributed by atoms with E-state index in [4.69, 9.17) is 4.74 Å². The van der Waals surface area contributed by atoms with E-state index in [0.29, 0.717) is 6.61 Å². The van der Waals surface area contributed by atoms with Crippen LogP contribution < -0.4 is 10.1 Å². The molecule has 0 aliphatic heterocycles. The van der Waals surface area contributed by atoms with Gasteiger partial charge in [0, 0.05) is 12.1 Å². The Balaban J connectivity index is 2.04. The van der Waals surface area contributed by atoms with Gasteiger partial charge in [-0.05, 0) is 38.4 Å². The summed E-state index contributed by atoms with van der Waals surface area (Å²) in [4.78, 5) is 0. The van der Waals surface area contributed by atoms with Crippen LogP contribution in [0.3, 0.4) is 0 Å². The second kappa shape index (κ2) is 7.84. The summed E-state index contributed by atoms with van der Waals surface area (Å²) < 4.78 is 6.02. The van der Waals surface area contributed by atoms with Crippen LogP contribution in [-0.2, 0) is 13.2 Å². The maximum atomic E-state index is 6.02. The molecule has 0 atom stereocenters. The monoisotopic (exact) mass is 283 g/mol. The molecule has 0 fully saturated rings. The number of hydrogen-bond donors (Lipinski definition) is 1. The SMILES string of the molecule is CCCNCc1cc(C)ccc1OCc1cccc(C)c1. The number of rotatable bonds is 7. The van der Waals surface area contributed by atoms with E-state index in [1.54, 1.807) is 0 Å². The third kappa shape index (κ3) is 4.91. The molecule has 0 heterocycles. The fourth-order valence-electron chi connectivity index (χ4n) is 2.35. The Bertz CT molecular complexity index is 578. The van der Waals surface area contributed by atoms with Crippen molar-refractivity contribution in [1.82, 2.24) is 5.32 Å². The van der Waals surface area contributed by atoms with Crippen molar-refractivity contribution in [2.45, 2.75) is 40.3 Å². The molecule has 0 aromatic heterocycles. The summed E-state index contributed by atoms with van der Waals surface area (Å²) in [7, 11) is 0. The van der Waals surface area contributed by atoms with Gasteiger partial charge in [0.15, 0.2) is 0 Å². The summed E-state index contributed by atoms with van der Waals surface area (Å²) in [6.45, 7) is 8.91. The number of nitrogens with one attached hydrogen (secondary N) is 1. The normalized spacial score (nSPS) is 10.6. The van der Waals surface area contributed by atoms with Crippen LogP contribution in [0.4, 0.5) is 0 Å². The first-order valence-corrected chi connectivity index (χ1v) is 7.67. The van der Waals surface area contributed by atoms with Crippen molar-refractivity contribution in [3.8, 4) is 5.75 Å². The second-order valence-electron chi connectivity index (χ2n) is 5.57. The Labute approximate surface area is 128 Å². The lowest BCUT2D eigenvalue weighted by molar-refractivity contribution is 0.302. The summed E-state index contributed by atoms with van der Waals surface area (Å²) >= 11 is 0. The summed E-state index contributed by atoms with van der Waals surface area (Å²) in [5.41, 5.74) is 4.98. The van der Waals surface area contributed by atoms with Crippen LogP contribution in [0.1, 0.15) is 35.6 Å². The van der Waals surface area contributed by atoms with Crippen LogP contribution in [0.5, 0.6) is 5.75 Å². The summed E-state index contributed by atoms with van der Waals surface area (Å²) in [5, 5.41) is 3.45. The maximum absolute atomic E-state index is 6.02. The Morgan fingerprint density at radius 2 is 1.81 bits per heavy atom. The minimum absolute atomic E-state index is 0.617. The van der Waals surface area contributed by atoms with Crippen molar-refractivity contribution >= 4 is 0 Å². The largest absolute Gasteiger partial charge is 0.489 e. The average molecular weight is 283 g/mol. The molecule has 2 nitrogen and oxygen atoms in total. The van der Waals surface area contributed by atoms with Crippen LogP contribution in [0.15, 0.2) is 42.5 Å². The van der Waals surface area contributed by atoms with E-state index in [9.17, 15) is 0 Å². The molecule has 0 unspecified atom stereocenters. The molecule has 0 bridgehead atoms. The van der Waals surface area contributed by atoms with Crippen molar-refractivity contribution < 1.29 is 4.74 Å². The second-order valence-corrected chi connectivity index (χ2v) is 5.57. The number of benzene rings is 2. The van der Waals surface area contributed by atoms with Crippen molar-refractivity contribution in [1.29, 1.82) is 0 Å². The molecule has 112 valence electrons. The van der Waals surface area contributed by atoms with Crippen molar-refractivity contribution in [2.24, 2.45) is 0 Å². The van der Waals surface area contributed by atoms with Gasteiger partial charge in [0.2, 0.25) is 0 Å². The molecule has 0 aliphatic carbocycles. The van der Waals surface area contributed by atoms with Crippen LogP contribution >= 0.6 is 0 Å². The highest BCUT2D eigenvalue weighted by Crippen LogP contribution is 2.21. The lowest BCUT2D eigenvalue weighted by Gasteiger charge is -2.13. The standard InChI is InChI=1S/C19H25NO/c1-4-10-20-13-18-12-16(3)8-9-19(18)21-14-17-7-5-6-15(2)11-17/h5-9,11-12,20H,4,10,13-14H2,1-3H3. The molecular formula is C19H25NO. The molecule has 0 aliphatic rings. The van der Waals surface area contributed by atoms with E-state index in [0.717, 1.165) is 25.3 Å². The third-order valence-electron chi connectivity index (χ3n) is 3.44. The van der Waals surface area contributed by atoms with E-state index >= 15 is 0 Å². The molecule has 2 heteroatoms. The predicted molar refractivity (Wildman–Crippen MR) is 88.7 cm³/mol. The summed E-state index contributed by atoms with van der Waals surface area (Å²) in [5.74, 6) is 0.978. The van der Waals surface area contributed by atoms with Gasteiger partial charge in [0.25, 0.3) is 0 Å². The minimum atomic E-state index is 0.617. The van der Waals surface area contributed by atoms with E-state index in [1.807, 2.05) is 0 Å². The van der Waals surface area contributed by atoms with Crippen LogP contribution in [0.2, 0.25) is 0 Å². The zero-order chi connectivity index (χ0) is 15.1. The van der Waals surface area contributed by atoms with Gasteiger partial charge in [-0.2, -0.15) is 0 Å². The van der Waals surface area contributed by atoms with Gasteiger partial charge in [0.1, 0.15) is 12.4 Å². The van der Waals surface area contributed by atoms with Gasteiger partial charge in [0.05, 0.1) is 0 Å². The van der Waals surface area contributed by atoms with E-state index in [2.05, 4.69) is 68.6 Å². The van der Waals surface area contributed by atoms with Crippen LogP contribution in [0.25, 0.3) is 0 Å². The molecule has 0 amide bonds. The van der Waals surface area contributed by atoms with Crippen LogP contribution in [0, 0.1) is 13.8 Å². The lowest BCUT2D eigenvalue weighted by Crippen LogP contribution is -2.14. The molecule has 2 rings (SSSR count). The predicted octanol–water partition coefficient (Wildman–Crippen LogP) is 4.38. The van der Waals surface area contributed by atoms with Gasteiger partial charge >= 0.3 is 0 Å². The molecule has 2 aromatic carbocycles. The zero-order valence-corrected chi connectivity index (χ0v) is 13.3. The minimum Gasteiger partial charge on any atom is -0.489 e. The Morgan fingerprint density at radius 1 is 1.00 bits per heavy atom. The number of ether oxygens (including phenoxy) is 1. The number of hydrogen-bond acceptors (Lipinski definition) is 2. The molecule has 0 spiro atoms. The molecule has 2 aromatic rings. The van der Waals surface area contributed by atoms with Gasteiger partial charge in [-0.25, -0.2) is 0 Å². The highest BCUT2D eigenvalue weighted by Gasteiger charge is 2.04. The van der Waals surface area contributed by atoms with Gasteiger partial charge in [-0.15, -0.1) is 0 Å². The van der Waals surface area contributed by atoms with Crippen molar-refractivity contribution in [2.75, 3.05) is 6.54 Å². The molecule has 1 N–H and O–H groups in total. The van der Waals surface area contributed by atoms with E-state index in [-0.39, 0.29) is 0 Å². The molecular weight excluding hydrogens is 258 g/mol. The van der Waals surface area contributed by atoms with E-state index in [1.165, 1.54) is 22.3 Å². The Hall–Kier alpha value is -1.80. The van der Waals surface area contributed by atoms with Gasteiger partial charge in [-0.1, -0.05) is 54.4 Å². The maximum Gasteiger partial charge on any atom is 0.124 e. The fourth-order valence-corrected chi connectivity index (χ4v) is 2.35. The smallest absolute Gasteiger partial charge is 0.124 e. The summed E-state index contributed by atoms with van der Waals surface area (Å²) in [6, 6.07) is 14.8. The topological polar surface area (TPSA) is 21.3 Å².